The zero-order chi connectivity index (χ0) is 10.1. The molecule has 0 saturated carbocycles. The van der Waals surface area contributed by atoms with Crippen molar-refractivity contribution in [2.24, 2.45) is 10.7 Å². The summed E-state index contributed by atoms with van der Waals surface area (Å²) in [6, 6.07) is 0.0810. The molecule has 13 heavy (non-hydrogen) atoms. The summed E-state index contributed by atoms with van der Waals surface area (Å²) in [7, 11) is 0. The number of amides is 1. The number of primary amides is 1. The molecule has 1 amide bonds. The number of rotatable bonds is 2. The van der Waals surface area contributed by atoms with Gasteiger partial charge in [-0.25, -0.2) is 0 Å². The van der Waals surface area contributed by atoms with Gasteiger partial charge in [0.1, 0.15) is 5.70 Å². The van der Waals surface area contributed by atoms with Crippen LogP contribution in [0.25, 0.3) is 0 Å². The minimum absolute atomic E-state index is 0.0352. The summed E-state index contributed by atoms with van der Waals surface area (Å²) in [5.74, 6) is -2.68. The summed E-state index contributed by atoms with van der Waals surface area (Å²) in [5, 5.41) is 20.7. The van der Waals surface area contributed by atoms with Gasteiger partial charge in [0.15, 0.2) is 11.8 Å². The van der Waals surface area contributed by atoms with Crippen LogP contribution < -0.4 is 11.1 Å². The van der Waals surface area contributed by atoms with Gasteiger partial charge in [0.2, 0.25) is 0 Å². The molecule has 0 spiro atoms. The van der Waals surface area contributed by atoms with Gasteiger partial charge in [0.25, 0.3) is 5.91 Å². The lowest BCUT2D eigenvalue weighted by Crippen LogP contribution is -2.42. The van der Waals surface area contributed by atoms with Gasteiger partial charge in [-0.3, -0.25) is 9.79 Å². The summed E-state index contributed by atoms with van der Waals surface area (Å²) in [4.78, 5) is 14.2. The molecular weight excluding hydrogens is 174 g/mol. The quantitative estimate of drug-likeness (QED) is 0.380. The van der Waals surface area contributed by atoms with Gasteiger partial charge in [-0.05, 0) is 6.92 Å². The first-order valence-electron chi connectivity index (χ1n) is 3.54. The van der Waals surface area contributed by atoms with Gasteiger partial charge >= 0.3 is 0 Å². The van der Waals surface area contributed by atoms with Crippen molar-refractivity contribution in [2.45, 2.75) is 12.7 Å². The lowest BCUT2D eigenvalue weighted by atomic mass is 10.1. The number of nitrogens with zero attached hydrogens (tertiary/aromatic N) is 1. The van der Waals surface area contributed by atoms with Crippen LogP contribution in [-0.2, 0) is 4.79 Å². The van der Waals surface area contributed by atoms with Crippen LogP contribution >= 0.6 is 0 Å². The van der Waals surface area contributed by atoms with Crippen molar-refractivity contribution in [1.82, 2.24) is 5.32 Å². The van der Waals surface area contributed by atoms with Crippen LogP contribution in [0.2, 0.25) is 0 Å². The van der Waals surface area contributed by atoms with E-state index in [0.717, 1.165) is 6.21 Å². The number of hydrogen-bond acceptors (Lipinski definition) is 5. The van der Waals surface area contributed by atoms with Crippen molar-refractivity contribution in [3.8, 4) is 0 Å². The second-order valence-corrected chi connectivity index (χ2v) is 2.73. The van der Waals surface area contributed by atoms with E-state index >= 15 is 0 Å². The van der Waals surface area contributed by atoms with Gasteiger partial charge in [-0.15, -0.1) is 0 Å². The molecule has 5 N–H and O–H groups in total. The molecule has 1 radical (unpaired) electrons. The van der Waals surface area contributed by atoms with E-state index in [1.54, 1.807) is 0 Å². The highest BCUT2D eigenvalue weighted by molar-refractivity contribution is 5.95. The average molecular weight is 184 g/mol. The lowest BCUT2D eigenvalue weighted by Gasteiger charge is -2.25. The normalized spacial score (nSPS) is 17.9. The molecule has 0 aromatic rings. The van der Waals surface area contributed by atoms with Gasteiger partial charge in [-0.1, -0.05) is 0 Å². The number of nitrogens with one attached hydrogen (secondary N) is 1. The van der Waals surface area contributed by atoms with Crippen molar-refractivity contribution >= 4 is 12.1 Å². The van der Waals surface area contributed by atoms with E-state index in [-0.39, 0.29) is 11.7 Å². The highest BCUT2D eigenvalue weighted by atomic mass is 16.5. The van der Waals surface area contributed by atoms with Crippen molar-refractivity contribution in [1.29, 1.82) is 0 Å². The Kier molecular flexibility index (Phi) is 2.35. The maximum Gasteiger partial charge on any atom is 0.268 e. The molecule has 6 heteroatoms. The minimum atomic E-state index is -2.00. The molecule has 1 rings (SSSR count). The van der Waals surface area contributed by atoms with Crippen LogP contribution in [0.3, 0.4) is 0 Å². The molecule has 0 bridgehead atoms. The molecule has 0 saturated heterocycles. The molecule has 1 aliphatic heterocycles. The molecule has 0 atom stereocenters. The molecular formula is C7H10N3O3. The highest BCUT2D eigenvalue weighted by Gasteiger charge is 2.30. The van der Waals surface area contributed by atoms with Crippen molar-refractivity contribution in [3.05, 3.63) is 17.9 Å². The Balaban J connectivity index is 2.69. The Morgan fingerprint density at radius 1 is 1.69 bits per heavy atom. The van der Waals surface area contributed by atoms with Gasteiger partial charge in [0, 0.05) is 12.4 Å². The maximum atomic E-state index is 10.6. The summed E-state index contributed by atoms with van der Waals surface area (Å²) < 4.78 is 0. The largest absolute Gasteiger partial charge is 0.372 e. The molecule has 1 aliphatic rings. The first-order valence-corrected chi connectivity index (χ1v) is 3.54. The Morgan fingerprint density at radius 2 is 2.31 bits per heavy atom. The number of carbonyl (C=O) groups is 1. The van der Waals surface area contributed by atoms with Crippen molar-refractivity contribution in [3.63, 3.8) is 0 Å². The summed E-state index contributed by atoms with van der Waals surface area (Å²) >= 11 is 0. The lowest BCUT2D eigenvalue weighted by molar-refractivity contribution is -0.126. The third-order valence-corrected chi connectivity index (χ3v) is 1.46. The van der Waals surface area contributed by atoms with Crippen LogP contribution in [-0.4, -0.2) is 28.1 Å². The van der Waals surface area contributed by atoms with E-state index in [1.807, 2.05) is 0 Å². The molecule has 0 fully saturated rings. The number of aliphatic imine (C=N–C) groups is 1. The zero-order valence-corrected chi connectivity index (χ0v) is 6.98. The van der Waals surface area contributed by atoms with Crippen molar-refractivity contribution in [2.75, 3.05) is 0 Å². The first kappa shape index (κ1) is 9.69. The SMILES string of the molecule is CC(O)(O)[C]1C=NC(C(N)=O)=CN1. The predicted molar refractivity (Wildman–Crippen MR) is 45.0 cm³/mol. The third-order valence-electron chi connectivity index (χ3n) is 1.46. The third kappa shape index (κ3) is 2.27. The fourth-order valence-corrected chi connectivity index (χ4v) is 0.748. The van der Waals surface area contributed by atoms with Crippen LogP contribution in [0, 0.1) is 6.04 Å². The van der Waals surface area contributed by atoms with E-state index in [4.69, 9.17) is 15.9 Å². The fraction of sp³-hybridized carbons (Fsp3) is 0.286. The Labute approximate surface area is 74.8 Å². The number of hydrogen-bond donors (Lipinski definition) is 4. The second-order valence-electron chi connectivity index (χ2n) is 2.73. The van der Waals surface area contributed by atoms with Crippen LogP contribution in [0.15, 0.2) is 16.9 Å². The predicted octanol–water partition coefficient (Wildman–Crippen LogP) is -1.78. The summed E-state index contributed by atoms with van der Waals surface area (Å²) in [6.07, 6.45) is 2.35. The van der Waals surface area contributed by atoms with Crippen LogP contribution in [0.5, 0.6) is 0 Å². The summed E-state index contributed by atoms with van der Waals surface area (Å²) in [5.41, 5.74) is 4.96. The van der Waals surface area contributed by atoms with E-state index < -0.39 is 11.7 Å². The second kappa shape index (κ2) is 3.15. The molecule has 0 unspecified atom stereocenters. The van der Waals surface area contributed by atoms with Crippen LogP contribution in [0.4, 0.5) is 0 Å². The maximum absolute atomic E-state index is 10.6. The topological polar surface area (TPSA) is 108 Å². The van der Waals surface area contributed by atoms with Gasteiger partial charge in [0.05, 0.1) is 0 Å². The first-order chi connectivity index (χ1) is 5.91. The molecule has 1 heterocycles. The molecule has 0 aromatic heterocycles. The number of aliphatic hydroxyl groups is 2. The fourth-order valence-electron chi connectivity index (χ4n) is 0.748. The summed E-state index contributed by atoms with van der Waals surface area (Å²) in [6.45, 7) is 1.17. The highest BCUT2D eigenvalue weighted by Crippen LogP contribution is 2.14. The zero-order valence-electron chi connectivity index (χ0n) is 6.98. The minimum Gasteiger partial charge on any atom is -0.372 e. The van der Waals surface area contributed by atoms with Gasteiger partial charge < -0.3 is 21.3 Å². The monoisotopic (exact) mass is 184 g/mol. The van der Waals surface area contributed by atoms with E-state index in [2.05, 4.69) is 10.3 Å². The molecule has 71 valence electrons. The Morgan fingerprint density at radius 3 is 2.62 bits per heavy atom. The van der Waals surface area contributed by atoms with Crippen molar-refractivity contribution < 1.29 is 15.0 Å². The molecule has 6 nitrogen and oxygen atoms in total. The number of carbonyl (C=O) groups excluding carboxylic acids is 1. The smallest absolute Gasteiger partial charge is 0.268 e. The van der Waals surface area contributed by atoms with E-state index in [1.165, 1.54) is 13.1 Å². The van der Waals surface area contributed by atoms with Gasteiger partial charge in [-0.2, -0.15) is 0 Å². The van der Waals surface area contributed by atoms with E-state index in [0.29, 0.717) is 0 Å². The van der Waals surface area contributed by atoms with E-state index in [9.17, 15) is 4.79 Å². The standard InChI is InChI=1S/C7H10N3O3/c1-7(12,13)5-3-9-4(2-10-5)6(8)11/h2-3,10,12-13H,1H3,(H2,8,11). The van der Waals surface area contributed by atoms with Crippen LogP contribution in [0.1, 0.15) is 6.92 Å². The average Bonchev–Trinajstić information content (AvgIpc) is 2.03. The Hall–Kier alpha value is -1.40. The Bertz CT molecular complexity index is 277. The number of nitrogens with two attached hydrogens (primary N) is 1. The molecule has 0 aromatic carbocycles. The molecule has 0 aliphatic carbocycles.